The highest BCUT2D eigenvalue weighted by Gasteiger charge is 2.05. The maximum atomic E-state index is 5.88. The van der Waals surface area contributed by atoms with Gasteiger partial charge in [-0.15, -0.1) is 0 Å². The van der Waals surface area contributed by atoms with E-state index in [1.165, 1.54) is 0 Å². The fourth-order valence-electron chi connectivity index (χ4n) is 1.41. The minimum atomic E-state index is 0.434. The quantitative estimate of drug-likeness (QED) is 0.868. The number of benzene rings is 1. The molecule has 0 saturated carbocycles. The fraction of sp³-hybridized carbons (Fsp3) is 0.231. The van der Waals surface area contributed by atoms with Crippen molar-refractivity contribution in [2.24, 2.45) is 0 Å². The Morgan fingerprint density at radius 1 is 1.37 bits per heavy atom. The number of ether oxygens (including phenoxy) is 1. The van der Waals surface area contributed by atoms with Gasteiger partial charge in [-0.2, -0.15) is 4.98 Å². The number of aromatic nitrogens is 2. The third-order valence-electron chi connectivity index (χ3n) is 2.28. The number of nitrogens with one attached hydrogen (secondary N) is 1. The molecule has 6 heteroatoms. The van der Waals surface area contributed by atoms with Gasteiger partial charge in [-0.05, 0) is 40.5 Å². The molecule has 0 unspecified atom stereocenters. The maximum Gasteiger partial charge on any atom is 0.239 e. The lowest BCUT2D eigenvalue weighted by Crippen LogP contribution is -2.03. The molecule has 1 aromatic carbocycles. The molecule has 0 aliphatic rings. The Morgan fingerprint density at radius 2 is 2.21 bits per heavy atom. The van der Waals surface area contributed by atoms with Crippen LogP contribution in [-0.4, -0.2) is 16.5 Å². The molecule has 2 rings (SSSR count). The van der Waals surface area contributed by atoms with Gasteiger partial charge in [0.05, 0.1) is 16.9 Å². The van der Waals surface area contributed by atoms with Crippen LogP contribution in [0, 0.1) is 0 Å². The second-order valence-electron chi connectivity index (χ2n) is 3.85. The molecule has 0 aliphatic carbocycles. The first-order valence-corrected chi connectivity index (χ1v) is 7.05. The monoisotopic (exact) mass is 341 g/mol. The molecule has 100 valence electrons. The van der Waals surface area contributed by atoms with E-state index in [9.17, 15) is 0 Å². The number of hydrogen-bond acceptors (Lipinski definition) is 4. The number of halogens is 2. The van der Waals surface area contributed by atoms with Gasteiger partial charge in [0.25, 0.3) is 0 Å². The van der Waals surface area contributed by atoms with Gasteiger partial charge >= 0.3 is 0 Å². The van der Waals surface area contributed by atoms with Crippen molar-refractivity contribution in [1.82, 2.24) is 9.97 Å². The molecule has 1 aromatic heterocycles. The number of hydrogen-bond donors (Lipinski definition) is 1. The lowest BCUT2D eigenvalue weighted by Gasteiger charge is -2.08. The van der Waals surface area contributed by atoms with Crippen molar-refractivity contribution < 1.29 is 4.74 Å². The summed E-state index contributed by atoms with van der Waals surface area (Å²) < 4.78 is 6.44. The summed E-state index contributed by atoms with van der Waals surface area (Å²) in [5, 5.41) is 3.80. The van der Waals surface area contributed by atoms with Crippen LogP contribution in [0.25, 0.3) is 0 Å². The van der Waals surface area contributed by atoms with Crippen molar-refractivity contribution in [2.45, 2.75) is 13.3 Å². The molecule has 1 N–H and O–H groups in total. The Labute approximate surface area is 125 Å². The maximum absolute atomic E-state index is 5.88. The van der Waals surface area contributed by atoms with Crippen LogP contribution < -0.4 is 10.1 Å². The summed E-state index contributed by atoms with van der Waals surface area (Å²) in [5.41, 5.74) is 0. The Hall–Kier alpha value is -1.33. The summed E-state index contributed by atoms with van der Waals surface area (Å²) in [5.74, 6) is 1.78. The summed E-state index contributed by atoms with van der Waals surface area (Å²) in [7, 11) is 0. The van der Waals surface area contributed by atoms with Crippen LogP contribution in [0.4, 0.5) is 5.82 Å². The number of rotatable bonds is 5. The first-order valence-electron chi connectivity index (χ1n) is 5.88. The highest BCUT2D eigenvalue weighted by atomic mass is 79.9. The van der Waals surface area contributed by atoms with Crippen molar-refractivity contribution in [3.05, 3.63) is 40.1 Å². The molecule has 0 fully saturated rings. The Bertz CT molecular complexity index is 565. The molecular weight excluding hydrogens is 330 g/mol. The molecule has 19 heavy (non-hydrogen) atoms. The van der Waals surface area contributed by atoms with Gasteiger partial charge in [0.2, 0.25) is 5.88 Å². The average molecular weight is 343 g/mol. The van der Waals surface area contributed by atoms with Gasteiger partial charge in [-0.25, -0.2) is 0 Å². The second kappa shape index (κ2) is 6.73. The SMILES string of the molecule is CCCNc1cncc(Oc2ccc(Cl)cc2Br)n1. The summed E-state index contributed by atoms with van der Waals surface area (Å²) >= 11 is 9.27. The van der Waals surface area contributed by atoms with E-state index in [4.69, 9.17) is 16.3 Å². The smallest absolute Gasteiger partial charge is 0.239 e. The Morgan fingerprint density at radius 3 is 2.95 bits per heavy atom. The molecule has 1 heterocycles. The minimum absolute atomic E-state index is 0.434. The topological polar surface area (TPSA) is 47.0 Å². The van der Waals surface area contributed by atoms with Crippen LogP contribution >= 0.6 is 27.5 Å². The first kappa shape index (κ1) is 14.1. The van der Waals surface area contributed by atoms with Gasteiger partial charge < -0.3 is 10.1 Å². The lowest BCUT2D eigenvalue weighted by molar-refractivity contribution is 0.458. The molecular formula is C13H13BrClN3O. The molecule has 0 saturated heterocycles. The Balaban J connectivity index is 2.14. The van der Waals surface area contributed by atoms with Crippen LogP contribution in [0.5, 0.6) is 11.6 Å². The van der Waals surface area contributed by atoms with Gasteiger partial charge in [-0.3, -0.25) is 4.98 Å². The fourth-order valence-corrected chi connectivity index (χ4v) is 2.17. The number of nitrogens with zero attached hydrogens (tertiary/aromatic N) is 2. The van der Waals surface area contributed by atoms with E-state index < -0.39 is 0 Å². The lowest BCUT2D eigenvalue weighted by atomic mass is 10.3. The standard InChI is InChI=1S/C13H13BrClN3O/c1-2-5-17-12-7-16-8-13(18-12)19-11-4-3-9(15)6-10(11)14/h3-4,6-8H,2,5H2,1H3,(H,17,18). The van der Waals surface area contributed by atoms with E-state index in [0.29, 0.717) is 22.5 Å². The molecule has 0 atom stereocenters. The van der Waals surface area contributed by atoms with E-state index in [1.54, 1.807) is 30.6 Å². The minimum Gasteiger partial charge on any atom is -0.436 e. The van der Waals surface area contributed by atoms with Crippen LogP contribution in [0.3, 0.4) is 0 Å². The van der Waals surface area contributed by atoms with Crippen LogP contribution in [-0.2, 0) is 0 Å². The Kier molecular flexibility index (Phi) is 4.99. The summed E-state index contributed by atoms with van der Waals surface area (Å²) in [6.45, 7) is 2.94. The third-order valence-corrected chi connectivity index (χ3v) is 3.13. The molecule has 0 aliphatic heterocycles. The molecule has 0 radical (unpaired) electrons. The van der Waals surface area contributed by atoms with E-state index in [1.807, 2.05) is 0 Å². The third kappa shape index (κ3) is 4.08. The van der Waals surface area contributed by atoms with Crippen molar-refractivity contribution in [3.63, 3.8) is 0 Å². The normalized spacial score (nSPS) is 10.3. The zero-order valence-electron chi connectivity index (χ0n) is 10.4. The van der Waals surface area contributed by atoms with Crippen LogP contribution in [0.2, 0.25) is 5.02 Å². The van der Waals surface area contributed by atoms with E-state index in [-0.39, 0.29) is 0 Å². The van der Waals surface area contributed by atoms with Crippen molar-refractivity contribution >= 4 is 33.3 Å². The second-order valence-corrected chi connectivity index (χ2v) is 5.14. The summed E-state index contributed by atoms with van der Waals surface area (Å²) in [6, 6.07) is 5.30. The average Bonchev–Trinajstić information content (AvgIpc) is 2.40. The first-order chi connectivity index (χ1) is 9.19. The van der Waals surface area contributed by atoms with Gasteiger partial charge in [0, 0.05) is 11.6 Å². The number of anilines is 1. The van der Waals surface area contributed by atoms with Crippen molar-refractivity contribution in [3.8, 4) is 11.6 Å². The molecule has 0 spiro atoms. The molecule has 0 amide bonds. The highest BCUT2D eigenvalue weighted by molar-refractivity contribution is 9.10. The van der Waals surface area contributed by atoms with Crippen LogP contribution in [0.15, 0.2) is 35.1 Å². The van der Waals surface area contributed by atoms with Crippen molar-refractivity contribution in [2.75, 3.05) is 11.9 Å². The summed E-state index contributed by atoms with van der Waals surface area (Å²) in [6.07, 6.45) is 4.26. The summed E-state index contributed by atoms with van der Waals surface area (Å²) in [4.78, 5) is 8.41. The van der Waals surface area contributed by atoms with E-state index in [2.05, 4.69) is 38.1 Å². The highest BCUT2D eigenvalue weighted by Crippen LogP contribution is 2.31. The van der Waals surface area contributed by atoms with Gasteiger partial charge in [0.1, 0.15) is 11.6 Å². The molecule has 4 nitrogen and oxygen atoms in total. The predicted octanol–water partition coefficient (Wildman–Crippen LogP) is 4.51. The zero-order valence-corrected chi connectivity index (χ0v) is 12.7. The van der Waals surface area contributed by atoms with Gasteiger partial charge in [-0.1, -0.05) is 18.5 Å². The van der Waals surface area contributed by atoms with Crippen LogP contribution in [0.1, 0.15) is 13.3 Å². The largest absolute Gasteiger partial charge is 0.436 e. The van der Waals surface area contributed by atoms with E-state index >= 15 is 0 Å². The van der Waals surface area contributed by atoms with E-state index in [0.717, 1.165) is 17.4 Å². The van der Waals surface area contributed by atoms with Gasteiger partial charge in [0.15, 0.2) is 0 Å². The molecule has 2 aromatic rings. The predicted molar refractivity (Wildman–Crippen MR) is 80.0 cm³/mol. The van der Waals surface area contributed by atoms with Crippen molar-refractivity contribution in [1.29, 1.82) is 0 Å². The zero-order chi connectivity index (χ0) is 13.7. The molecule has 0 bridgehead atoms.